The van der Waals surface area contributed by atoms with Crippen molar-refractivity contribution in [3.8, 4) is 5.75 Å². The number of nitrogens with zero attached hydrogens (tertiary/aromatic N) is 3. The van der Waals surface area contributed by atoms with Gasteiger partial charge in [0.05, 0.1) is 19.2 Å². The van der Waals surface area contributed by atoms with Gasteiger partial charge in [0.25, 0.3) is 11.8 Å². The second-order valence-corrected chi connectivity index (χ2v) is 9.57. The first-order valence-electron chi connectivity index (χ1n) is 11.7. The monoisotopic (exact) mass is 507 g/mol. The van der Waals surface area contributed by atoms with Crippen LogP contribution in [0.2, 0.25) is 0 Å². The quantitative estimate of drug-likeness (QED) is 0.505. The number of nitrogens with one attached hydrogen (secondary N) is 2. The highest BCUT2D eigenvalue weighted by Gasteiger charge is 2.53. The minimum Gasteiger partial charge on any atom is -0.494 e. The lowest BCUT2D eigenvalue weighted by molar-refractivity contribution is -0.125. The fraction of sp³-hybridized carbons (Fsp3) is 0.320. The lowest BCUT2D eigenvalue weighted by Crippen LogP contribution is -2.52. The Morgan fingerprint density at radius 1 is 1.22 bits per heavy atom. The summed E-state index contributed by atoms with van der Waals surface area (Å²) in [5.74, 6) is -1.53. The fourth-order valence-corrected chi connectivity index (χ4v) is 5.20. The number of benzene rings is 1. The second kappa shape index (κ2) is 8.02. The van der Waals surface area contributed by atoms with Gasteiger partial charge in [-0.1, -0.05) is 13.0 Å². The summed E-state index contributed by atoms with van der Waals surface area (Å²) in [5, 5.41) is 4.79. The van der Waals surface area contributed by atoms with E-state index in [1.807, 2.05) is 6.92 Å². The van der Waals surface area contributed by atoms with Crippen molar-refractivity contribution in [2.75, 3.05) is 25.1 Å². The average molecular weight is 507 g/mol. The van der Waals surface area contributed by atoms with Crippen molar-refractivity contribution in [1.29, 1.82) is 0 Å². The molecule has 0 spiro atoms. The smallest absolute Gasteiger partial charge is 0.322 e. The molecule has 2 fully saturated rings. The van der Waals surface area contributed by atoms with E-state index in [1.54, 1.807) is 23.1 Å². The lowest BCUT2D eigenvalue weighted by Gasteiger charge is -2.28. The van der Waals surface area contributed by atoms with E-state index in [9.17, 15) is 23.6 Å². The van der Waals surface area contributed by atoms with E-state index in [0.29, 0.717) is 35.4 Å². The van der Waals surface area contributed by atoms with E-state index >= 15 is 0 Å². The summed E-state index contributed by atoms with van der Waals surface area (Å²) in [6.45, 7) is 2.24. The third kappa shape index (κ3) is 3.43. The molecule has 0 bridgehead atoms. The van der Waals surface area contributed by atoms with Gasteiger partial charge in [-0.05, 0) is 29.7 Å². The molecule has 0 radical (unpaired) electrons. The molecule has 2 saturated heterocycles. The van der Waals surface area contributed by atoms with Gasteiger partial charge in [-0.2, -0.15) is 0 Å². The Bertz CT molecular complexity index is 1520. The third-order valence-electron chi connectivity index (χ3n) is 7.02. The Morgan fingerprint density at radius 3 is 2.70 bits per heavy atom. The minimum absolute atomic E-state index is 0.0257. The molecule has 5 amide bonds. The van der Waals surface area contributed by atoms with E-state index in [4.69, 9.17) is 9.15 Å². The molecule has 37 heavy (non-hydrogen) atoms. The molecular formula is C25H22FN5O6. The van der Waals surface area contributed by atoms with E-state index < -0.39 is 29.2 Å². The Labute approximate surface area is 209 Å². The number of ether oxygens (including phenoxy) is 1. The summed E-state index contributed by atoms with van der Waals surface area (Å²) in [6.07, 6.45) is 0.435. The van der Waals surface area contributed by atoms with Crippen molar-refractivity contribution in [2.45, 2.75) is 25.4 Å². The molecule has 11 nitrogen and oxygen atoms in total. The molecule has 6 rings (SSSR count). The zero-order chi connectivity index (χ0) is 26.1. The van der Waals surface area contributed by atoms with Crippen LogP contribution in [0.25, 0.3) is 11.1 Å². The molecule has 2 aromatic heterocycles. The maximum Gasteiger partial charge on any atom is 0.322 e. The molecule has 2 N–H and O–H groups in total. The van der Waals surface area contributed by atoms with Gasteiger partial charge in [0.2, 0.25) is 5.91 Å². The van der Waals surface area contributed by atoms with Gasteiger partial charge in [0.15, 0.2) is 22.7 Å². The molecule has 12 heteroatoms. The number of aromatic nitrogens is 1. The molecule has 0 aliphatic carbocycles. The Kier molecular flexibility index (Phi) is 4.97. The number of hydrogen-bond donors (Lipinski definition) is 2. The number of fused-ring (bicyclic) bond motifs is 2. The Hall–Kier alpha value is -4.48. The number of carbonyl (C=O) groups is 4. The predicted octanol–water partition coefficient (Wildman–Crippen LogP) is 2.04. The number of rotatable bonds is 5. The van der Waals surface area contributed by atoms with Crippen LogP contribution in [0, 0.1) is 11.7 Å². The highest BCUT2D eigenvalue weighted by atomic mass is 19.1. The van der Waals surface area contributed by atoms with E-state index in [2.05, 4.69) is 15.6 Å². The molecule has 3 aliphatic rings. The Balaban J connectivity index is 1.37. The maximum atomic E-state index is 14.8. The SMILES string of the molecule is COc1ccc2c(c1F)C(=O)N(C[C@@]1(c3cc4nc(N5C[C@H](C)CC5=O)ccc4o3)NC(=O)NC1=O)C2. The fourth-order valence-electron chi connectivity index (χ4n) is 5.20. The number of halogens is 1. The molecule has 1 aromatic carbocycles. The molecule has 0 saturated carbocycles. The van der Waals surface area contributed by atoms with Crippen LogP contribution in [-0.2, 0) is 21.7 Å². The van der Waals surface area contributed by atoms with Crippen LogP contribution in [0.1, 0.15) is 35.0 Å². The van der Waals surface area contributed by atoms with Gasteiger partial charge in [-0.3, -0.25) is 24.6 Å². The summed E-state index contributed by atoms with van der Waals surface area (Å²) in [4.78, 5) is 58.3. The first-order chi connectivity index (χ1) is 17.7. The topological polar surface area (TPSA) is 134 Å². The number of amides is 5. The molecule has 3 aliphatic heterocycles. The number of methoxy groups -OCH3 is 1. The van der Waals surface area contributed by atoms with Crippen LogP contribution in [0.15, 0.2) is 34.7 Å². The van der Waals surface area contributed by atoms with Crippen molar-refractivity contribution < 1.29 is 32.7 Å². The van der Waals surface area contributed by atoms with Crippen LogP contribution in [0.3, 0.4) is 0 Å². The van der Waals surface area contributed by atoms with Gasteiger partial charge < -0.3 is 19.4 Å². The summed E-state index contributed by atoms with van der Waals surface area (Å²) in [7, 11) is 1.30. The number of carbonyl (C=O) groups excluding carboxylic acids is 4. The first kappa shape index (κ1) is 23.0. The zero-order valence-corrected chi connectivity index (χ0v) is 20.0. The number of hydrogen-bond acceptors (Lipinski definition) is 7. The predicted molar refractivity (Wildman–Crippen MR) is 126 cm³/mol. The number of anilines is 1. The van der Waals surface area contributed by atoms with Crippen LogP contribution < -0.4 is 20.3 Å². The van der Waals surface area contributed by atoms with E-state index in [0.717, 1.165) is 0 Å². The number of pyridine rings is 1. The molecular weight excluding hydrogens is 485 g/mol. The largest absolute Gasteiger partial charge is 0.494 e. The summed E-state index contributed by atoms with van der Waals surface area (Å²) < 4.78 is 25.8. The van der Waals surface area contributed by atoms with Gasteiger partial charge in [-0.25, -0.2) is 14.2 Å². The van der Waals surface area contributed by atoms with E-state index in [-0.39, 0.29) is 42.0 Å². The number of imide groups is 1. The molecule has 3 aromatic rings. The summed E-state index contributed by atoms with van der Waals surface area (Å²) >= 11 is 0. The second-order valence-electron chi connectivity index (χ2n) is 9.57. The van der Waals surface area contributed by atoms with Crippen molar-refractivity contribution in [2.24, 2.45) is 5.92 Å². The first-order valence-corrected chi connectivity index (χ1v) is 11.7. The maximum absolute atomic E-state index is 14.8. The molecule has 5 heterocycles. The van der Waals surface area contributed by atoms with Crippen LogP contribution in [0.4, 0.5) is 15.0 Å². The van der Waals surface area contributed by atoms with Crippen LogP contribution in [0.5, 0.6) is 5.75 Å². The van der Waals surface area contributed by atoms with Crippen molar-refractivity contribution in [3.05, 3.63) is 53.0 Å². The van der Waals surface area contributed by atoms with Crippen LogP contribution in [-0.4, -0.2) is 53.8 Å². The van der Waals surface area contributed by atoms with Gasteiger partial charge in [0.1, 0.15) is 17.1 Å². The average Bonchev–Trinajstić information content (AvgIpc) is 3.59. The third-order valence-corrected chi connectivity index (χ3v) is 7.02. The van der Waals surface area contributed by atoms with Crippen LogP contribution >= 0.6 is 0 Å². The minimum atomic E-state index is -1.77. The van der Waals surface area contributed by atoms with Crippen molar-refractivity contribution >= 4 is 40.7 Å². The van der Waals surface area contributed by atoms with Gasteiger partial charge in [0, 0.05) is 25.6 Å². The number of furan rings is 1. The zero-order valence-electron chi connectivity index (χ0n) is 20.0. The van der Waals surface area contributed by atoms with Crippen molar-refractivity contribution in [1.82, 2.24) is 20.5 Å². The highest BCUT2D eigenvalue weighted by Crippen LogP contribution is 2.36. The van der Waals surface area contributed by atoms with Gasteiger partial charge in [-0.15, -0.1) is 0 Å². The van der Waals surface area contributed by atoms with Crippen molar-refractivity contribution in [3.63, 3.8) is 0 Å². The molecule has 0 unspecified atom stereocenters. The normalized spacial score (nSPS) is 23.2. The molecule has 190 valence electrons. The van der Waals surface area contributed by atoms with E-state index in [1.165, 1.54) is 24.1 Å². The lowest BCUT2D eigenvalue weighted by atomic mass is 9.95. The standard InChI is InChI=1S/C25H22FN5O6/c1-12-7-19(32)31(9-12)18-6-5-15-14(27-18)8-17(37-15)25(23(34)28-24(35)29-25)11-30-10-13-3-4-16(36-2)21(26)20(13)22(30)33/h3-6,8,12H,7,9-11H2,1-2H3,(H2,28,29,34,35)/t12-,25+/m1/s1. The van der Waals surface area contributed by atoms with Gasteiger partial charge >= 0.3 is 6.03 Å². The highest BCUT2D eigenvalue weighted by molar-refractivity contribution is 6.08. The molecule has 2 atom stereocenters. The summed E-state index contributed by atoms with van der Waals surface area (Å²) in [5.41, 5.74) is -0.768. The Morgan fingerprint density at radius 2 is 2.03 bits per heavy atom. The summed E-state index contributed by atoms with van der Waals surface area (Å²) in [6, 6.07) is 7.06. The number of urea groups is 1.